The summed E-state index contributed by atoms with van der Waals surface area (Å²) in [6.45, 7) is 1.67. The van der Waals surface area contributed by atoms with Gasteiger partial charge in [-0.3, -0.25) is 4.79 Å². The molecule has 1 N–H and O–H groups in total. The fourth-order valence-corrected chi connectivity index (χ4v) is 3.35. The van der Waals surface area contributed by atoms with Crippen LogP contribution in [0, 0.1) is 6.92 Å². The van der Waals surface area contributed by atoms with Crippen molar-refractivity contribution >= 4 is 23.2 Å². The van der Waals surface area contributed by atoms with Crippen LogP contribution in [0.15, 0.2) is 67.1 Å². The van der Waals surface area contributed by atoms with Gasteiger partial charge in [-0.05, 0) is 30.7 Å². The maximum Gasteiger partial charge on any atom is 0.434 e. The first kappa shape index (κ1) is 20.7. The third-order valence-electron chi connectivity index (χ3n) is 4.57. The SMILES string of the molecule is Cc1ccccc1-n1ncc(C(=O)Nc2cnn(-c3ccccc3Cl)c2)c1C(F)(F)F. The van der Waals surface area contributed by atoms with Crippen LogP contribution in [0.4, 0.5) is 18.9 Å². The molecule has 31 heavy (non-hydrogen) atoms. The lowest BCUT2D eigenvalue weighted by atomic mass is 10.1. The molecule has 158 valence electrons. The summed E-state index contributed by atoms with van der Waals surface area (Å²) in [5.41, 5.74) is -0.154. The zero-order valence-corrected chi connectivity index (χ0v) is 16.8. The van der Waals surface area contributed by atoms with Crippen LogP contribution in [0.1, 0.15) is 21.6 Å². The van der Waals surface area contributed by atoms with E-state index in [-0.39, 0.29) is 11.4 Å². The molecule has 0 atom stereocenters. The van der Waals surface area contributed by atoms with Crippen molar-refractivity contribution < 1.29 is 18.0 Å². The molecule has 1 amide bonds. The number of hydrogen-bond donors (Lipinski definition) is 1. The molecule has 0 bridgehead atoms. The van der Waals surface area contributed by atoms with Gasteiger partial charge in [0.2, 0.25) is 0 Å². The molecule has 10 heteroatoms. The number of carbonyl (C=O) groups excluding carboxylic acids is 1. The maximum absolute atomic E-state index is 13.9. The monoisotopic (exact) mass is 445 g/mol. The Labute approximate surface area is 179 Å². The summed E-state index contributed by atoms with van der Waals surface area (Å²) in [6, 6.07) is 13.4. The van der Waals surface area contributed by atoms with Crippen LogP contribution < -0.4 is 5.32 Å². The van der Waals surface area contributed by atoms with Crippen molar-refractivity contribution in [2.75, 3.05) is 5.32 Å². The Morgan fingerprint density at radius 1 is 1.00 bits per heavy atom. The number of rotatable bonds is 4. The summed E-state index contributed by atoms with van der Waals surface area (Å²) in [4.78, 5) is 12.7. The highest BCUT2D eigenvalue weighted by Gasteiger charge is 2.40. The molecule has 6 nitrogen and oxygen atoms in total. The van der Waals surface area contributed by atoms with Gasteiger partial charge in [-0.2, -0.15) is 23.4 Å². The Bertz CT molecular complexity index is 1260. The van der Waals surface area contributed by atoms with Crippen LogP contribution in [0.5, 0.6) is 0 Å². The van der Waals surface area contributed by atoms with Gasteiger partial charge in [0.15, 0.2) is 5.69 Å². The zero-order chi connectivity index (χ0) is 22.2. The van der Waals surface area contributed by atoms with E-state index in [2.05, 4.69) is 15.5 Å². The molecular weight excluding hydrogens is 431 g/mol. The van der Waals surface area contributed by atoms with Gasteiger partial charge < -0.3 is 5.32 Å². The molecule has 0 aliphatic heterocycles. The predicted octanol–water partition coefficient (Wildman–Crippen LogP) is 5.29. The molecular formula is C21H15ClF3N5O. The number of benzene rings is 2. The van der Waals surface area contributed by atoms with Gasteiger partial charge in [-0.1, -0.05) is 41.9 Å². The number of amides is 1. The number of halogens is 4. The van der Waals surface area contributed by atoms with E-state index in [4.69, 9.17) is 11.6 Å². The number of para-hydroxylation sites is 2. The first-order valence-corrected chi connectivity index (χ1v) is 9.45. The first-order chi connectivity index (χ1) is 14.8. The van der Waals surface area contributed by atoms with E-state index in [1.54, 1.807) is 49.4 Å². The second-order valence-corrected chi connectivity index (χ2v) is 7.09. The molecule has 0 radical (unpaired) electrons. The molecule has 0 saturated heterocycles. The maximum atomic E-state index is 13.9. The summed E-state index contributed by atoms with van der Waals surface area (Å²) in [5.74, 6) is -0.953. The smallest absolute Gasteiger partial charge is 0.319 e. The van der Waals surface area contributed by atoms with Crippen molar-refractivity contribution in [1.82, 2.24) is 19.6 Å². The molecule has 4 rings (SSSR count). The quantitative estimate of drug-likeness (QED) is 0.464. The number of hydrogen-bond acceptors (Lipinski definition) is 3. The van der Waals surface area contributed by atoms with Gasteiger partial charge in [0.25, 0.3) is 5.91 Å². The lowest BCUT2D eigenvalue weighted by molar-refractivity contribution is -0.143. The fraction of sp³-hybridized carbons (Fsp3) is 0.0952. The molecule has 2 aromatic heterocycles. The minimum atomic E-state index is -4.80. The van der Waals surface area contributed by atoms with Crippen molar-refractivity contribution in [3.05, 3.63) is 89.0 Å². The highest BCUT2D eigenvalue weighted by Crippen LogP contribution is 2.34. The van der Waals surface area contributed by atoms with Gasteiger partial charge in [0, 0.05) is 0 Å². The summed E-state index contributed by atoms with van der Waals surface area (Å²) < 4.78 is 43.7. The second kappa shape index (κ2) is 7.92. The Hall–Kier alpha value is -3.59. The number of aromatic nitrogens is 4. The summed E-state index contributed by atoms with van der Waals surface area (Å²) >= 11 is 6.13. The minimum absolute atomic E-state index is 0.210. The van der Waals surface area contributed by atoms with Crippen LogP contribution >= 0.6 is 11.6 Å². The molecule has 0 spiro atoms. The van der Waals surface area contributed by atoms with Gasteiger partial charge in [-0.25, -0.2) is 9.36 Å². The number of aryl methyl sites for hydroxylation is 1. The highest BCUT2D eigenvalue weighted by molar-refractivity contribution is 6.32. The molecule has 2 aromatic carbocycles. The van der Waals surface area contributed by atoms with E-state index in [1.165, 1.54) is 23.1 Å². The molecule has 0 unspecified atom stereocenters. The van der Waals surface area contributed by atoms with Crippen molar-refractivity contribution in [2.24, 2.45) is 0 Å². The average Bonchev–Trinajstić information content (AvgIpc) is 3.36. The van der Waals surface area contributed by atoms with Crippen molar-refractivity contribution in [1.29, 1.82) is 0 Å². The minimum Gasteiger partial charge on any atom is -0.319 e. The Balaban J connectivity index is 1.67. The van der Waals surface area contributed by atoms with E-state index >= 15 is 0 Å². The summed E-state index contributed by atoms with van der Waals surface area (Å²) in [7, 11) is 0. The third kappa shape index (κ3) is 4.04. The Morgan fingerprint density at radius 3 is 2.35 bits per heavy atom. The average molecular weight is 446 g/mol. The largest absolute Gasteiger partial charge is 0.434 e. The number of nitrogens with zero attached hydrogens (tertiary/aromatic N) is 4. The van der Waals surface area contributed by atoms with E-state index in [0.717, 1.165) is 10.9 Å². The Morgan fingerprint density at radius 2 is 1.68 bits per heavy atom. The van der Waals surface area contributed by atoms with E-state index in [9.17, 15) is 18.0 Å². The van der Waals surface area contributed by atoms with Gasteiger partial charge in [0.1, 0.15) is 0 Å². The molecule has 0 fully saturated rings. The molecule has 2 heterocycles. The van der Waals surface area contributed by atoms with Crippen molar-refractivity contribution in [3.8, 4) is 11.4 Å². The molecule has 4 aromatic rings. The first-order valence-electron chi connectivity index (χ1n) is 9.08. The lowest BCUT2D eigenvalue weighted by Gasteiger charge is -2.14. The predicted molar refractivity (Wildman–Crippen MR) is 110 cm³/mol. The van der Waals surface area contributed by atoms with Crippen LogP contribution in [0.2, 0.25) is 5.02 Å². The van der Waals surface area contributed by atoms with Gasteiger partial charge >= 0.3 is 6.18 Å². The number of alkyl halides is 3. The van der Waals surface area contributed by atoms with Gasteiger partial charge in [0.05, 0.1) is 46.2 Å². The molecule has 0 aliphatic rings. The topological polar surface area (TPSA) is 64.7 Å². The van der Waals surface area contributed by atoms with E-state index in [0.29, 0.717) is 16.3 Å². The van der Waals surface area contributed by atoms with Crippen molar-refractivity contribution in [3.63, 3.8) is 0 Å². The number of carbonyl (C=O) groups is 1. The van der Waals surface area contributed by atoms with E-state index < -0.39 is 23.3 Å². The number of nitrogens with one attached hydrogen (secondary N) is 1. The Kier molecular flexibility index (Phi) is 5.28. The number of anilines is 1. The lowest BCUT2D eigenvalue weighted by Crippen LogP contribution is -2.21. The van der Waals surface area contributed by atoms with Gasteiger partial charge in [-0.15, -0.1) is 0 Å². The summed E-state index contributed by atoms with van der Waals surface area (Å²) in [5, 5.41) is 10.8. The standard InChI is InChI=1S/C21H15ClF3N5O/c1-13-6-2-4-8-17(13)30-19(21(23,24)25)15(11-27-30)20(31)28-14-10-26-29(12-14)18-9-5-3-7-16(18)22/h2-12H,1H3,(H,28,31). The summed E-state index contributed by atoms with van der Waals surface area (Å²) in [6.07, 6.45) is -1.12. The van der Waals surface area contributed by atoms with Crippen LogP contribution in [-0.2, 0) is 6.18 Å². The fourth-order valence-electron chi connectivity index (χ4n) is 3.13. The normalized spacial score (nSPS) is 11.5. The third-order valence-corrected chi connectivity index (χ3v) is 4.89. The molecule has 0 aliphatic carbocycles. The van der Waals surface area contributed by atoms with Crippen molar-refractivity contribution in [2.45, 2.75) is 13.1 Å². The van der Waals surface area contributed by atoms with Crippen LogP contribution in [-0.4, -0.2) is 25.5 Å². The highest BCUT2D eigenvalue weighted by atomic mass is 35.5. The molecule has 0 saturated carbocycles. The van der Waals surface area contributed by atoms with E-state index in [1.807, 2.05) is 0 Å². The second-order valence-electron chi connectivity index (χ2n) is 6.68. The zero-order valence-electron chi connectivity index (χ0n) is 16.1. The van der Waals surface area contributed by atoms with Crippen LogP contribution in [0.25, 0.3) is 11.4 Å². The van der Waals surface area contributed by atoms with Crippen LogP contribution in [0.3, 0.4) is 0 Å².